The van der Waals surface area contributed by atoms with E-state index in [0.29, 0.717) is 34.8 Å². The molecule has 1 aliphatic heterocycles. The van der Waals surface area contributed by atoms with Gasteiger partial charge >= 0.3 is 0 Å². The number of nitrogens with two attached hydrogens (primary N) is 1. The van der Waals surface area contributed by atoms with Gasteiger partial charge in [-0.3, -0.25) is 9.69 Å². The fraction of sp³-hybridized carbons (Fsp3) is 0.533. The van der Waals surface area contributed by atoms with Gasteiger partial charge in [0.05, 0.1) is 17.9 Å². The highest BCUT2D eigenvalue weighted by atomic mass is 35.5. The number of likely N-dealkylation sites (tertiary alicyclic amines) is 1. The van der Waals surface area contributed by atoms with Crippen LogP contribution in [0.4, 0.5) is 11.4 Å². The van der Waals surface area contributed by atoms with Crippen molar-refractivity contribution in [3.63, 3.8) is 0 Å². The van der Waals surface area contributed by atoms with Gasteiger partial charge in [0.25, 0.3) is 0 Å². The fourth-order valence-electron chi connectivity index (χ4n) is 2.58. The third-order valence-corrected chi connectivity index (χ3v) is 4.14. The maximum atomic E-state index is 12.1. The minimum Gasteiger partial charge on any atom is -0.397 e. The minimum atomic E-state index is -0.0385. The first-order chi connectivity index (χ1) is 9.45. The molecule has 1 heterocycles. The minimum absolute atomic E-state index is 0.0385. The Kier molecular flexibility index (Phi) is 4.89. The molecule has 2 rings (SSSR count). The molecular formula is C15H22ClN3O. The lowest BCUT2D eigenvalue weighted by molar-refractivity contribution is -0.117. The molecule has 5 heteroatoms. The van der Waals surface area contributed by atoms with Crippen LogP contribution in [0.3, 0.4) is 0 Å². The average Bonchev–Trinajstić information content (AvgIpc) is 2.82. The van der Waals surface area contributed by atoms with Gasteiger partial charge in [-0.25, -0.2) is 0 Å². The largest absolute Gasteiger partial charge is 0.397 e. The van der Waals surface area contributed by atoms with Crippen molar-refractivity contribution in [2.75, 3.05) is 30.7 Å². The van der Waals surface area contributed by atoms with E-state index < -0.39 is 0 Å². The molecule has 1 aromatic rings. The molecule has 1 fully saturated rings. The number of amides is 1. The Bertz CT molecular complexity index is 490. The lowest BCUT2D eigenvalue weighted by atomic mass is 9.95. The molecule has 110 valence electrons. The molecule has 1 atom stereocenters. The lowest BCUT2D eigenvalue weighted by Crippen LogP contribution is -2.32. The van der Waals surface area contributed by atoms with Crippen LogP contribution in [0.2, 0.25) is 5.02 Å². The Labute approximate surface area is 125 Å². The number of rotatable bonds is 4. The number of nitrogens with zero attached hydrogens (tertiary/aromatic N) is 1. The lowest BCUT2D eigenvalue weighted by Gasteiger charge is -2.17. The van der Waals surface area contributed by atoms with Gasteiger partial charge in [-0.2, -0.15) is 0 Å². The first-order valence-electron chi connectivity index (χ1n) is 7.03. The highest BCUT2D eigenvalue weighted by Crippen LogP contribution is 2.25. The van der Waals surface area contributed by atoms with Crippen molar-refractivity contribution in [2.24, 2.45) is 11.8 Å². The highest BCUT2D eigenvalue weighted by molar-refractivity contribution is 6.31. The summed E-state index contributed by atoms with van der Waals surface area (Å²) in [6, 6.07) is 5.08. The van der Waals surface area contributed by atoms with E-state index in [9.17, 15) is 4.79 Å². The second kappa shape index (κ2) is 6.46. The topological polar surface area (TPSA) is 58.4 Å². The summed E-state index contributed by atoms with van der Waals surface area (Å²) in [5.41, 5.74) is 6.94. The van der Waals surface area contributed by atoms with Gasteiger partial charge in [-0.15, -0.1) is 0 Å². The van der Waals surface area contributed by atoms with Crippen molar-refractivity contribution in [1.29, 1.82) is 0 Å². The second-order valence-corrected chi connectivity index (χ2v) is 6.24. The van der Waals surface area contributed by atoms with Gasteiger partial charge in [0, 0.05) is 11.6 Å². The van der Waals surface area contributed by atoms with Crippen LogP contribution in [-0.4, -0.2) is 30.4 Å². The summed E-state index contributed by atoms with van der Waals surface area (Å²) in [7, 11) is 0. The van der Waals surface area contributed by atoms with Gasteiger partial charge in [0.2, 0.25) is 5.91 Å². The molecule has 0 saturated carbocycles. The Hall–Kier alpha value is -1.26. The summed E-state index contributed by atoms with van der Waals surface area (Å²) in [4.78, 5) is 14.3. The van der Waals surface area contributed by atoms with Crippen LogP contribution in [0.5, 0.6) is 0 Å². The molecule has 0 aromatic heterocycles. The number of hydrogen-bond donors (Lipinski definition) is 2. The summed E-state index contributed by atoms with van der Waals surface area (Å²) in [6.45, 7) is 6.87. The van der Waals surface area contributed by atoms with Crippen LogP contribution in [0.25, 0.3) is 0 Å². The first kappa shape index (κ1) is 15.1. The van der Waals surface area contributed by atoms with Crippen LogP contribution >= 0.6 is 11.6 Å². The zero-order valence-electron chi connectivity index (χ0n) is 12.0. The Balaban J connectivity index is 1.88. The number of nitrogens with one attached hydrogen (secondary N) is 1. The molecule has 3 N–H and O–H groups in total. The predicted molar refractivity (Wildman–Crippen MR) is 83.9 cm³/mol. The van der Waals surface area contributed by atoms with Gasteiger partial charge in [-0.05, 0) is 43.0 Å². The molecule has 20 heavy (non-hydrogen) atoms. The predicted octanol–water partition coefficient (Wildman–Crippen LogP) is 2.84. The number of hydrogen-bond acceptors (Lipinski definition) is 3. The van der Waals surface area contributed by atoms with Gasteiger partial charge < -0.3 is 11.1 Å². The van der Waals surface area contributed by atoms with Crippen molar-refractivity contribution in [3.8, 4) is 0 Å². The molecule has 1 saturated heterocycles. The Morgan fingerprint density at radius 2 is 2.30 bits per heavy atom. The third kappa shape index (κ3) is 3.87. The number of nitrogen functional groups attached to an aromatic ring is 1. The van der Waals surface area contributed by atoms with E-state index in [-0.39, 0.29) is 5.91 Å². The molecule has 1 aromatic carbocycles. The maximum Gasteiger partial charge on any atom is 0.238 e. The van der Waals surface area contributed by atoms with Gasteiger partial charge in [0.1, 0.15) is 0 Å². The van der Waals surface area contributed by atoms with Gasteiger partial charge in [0.15, 0.2) is 0 Å². The van der Waals surface area contributed by atoms with Crippen LogP contribution in [0.1, 0.15) is 20.3 Å². The standard InChI is InChI=1S/C15H22ClN3O/c1-10(2)11-5-6-19(8-11)9-15(20)18-14-7-12(16)3-4-13(14)17/h3-4,7,10-11H,5-6,8-9,17H2,1-2H3,(H,18,20). The number of benzene rings is 1. The van der Waals surface area contributed by atoms with E-state index >= 15 is 0 Å². The maximum absolute atomic E-state index is 12.1. The molecule has 0 bridgehead atoms. The van der Waals surface area contributed by atoms with Crippen molar-refractivity contribution in [2.45, 2.75) is 20.3 Å². The second-order valence-electron chi connectivity index (χ2n) is 5.81. The summed E-state index contributed by atoms with van der Waals surface area (Å²) in [5, 5.41) is 3.40. The molecule has 0 spiro atoms. The van der Waals surface area contributed by atoms with Crippen LogP contribution < -0.4 is 11.1 Å². The first-order valence-corrected chi connectivity index (χ1v) is 7.40. The van der Waals surface area contributed by atoms with Crippen molar-refractivity contribution >= 4 is 28.9 Å². The van der Waals surface area contributed by atoms with E-state index in [4.69, 9.17) is 17.3 Å². The van der Waals surface area contributed by atoms with Crippen molar-refractivity contribution < 1.29 is 4.79 Å². The third-order valence-electron chi connectivity index (χ3n) is 3.91. The van der Waals surface area contributed by atoms with Gasteiger partial charge in [-0.1, -0.05) is 25.4 Å². The van der Waals surface area contributed by atoms with Crippen molar-refractivity contribution in [1.82, 2.24) is 4.90 Å². The summed E-state index contributed by atoms with van der Waals surface area (Å²) >= 11 is 5.91. The fourth-order valence-corrected chi connectivity index (χ4v) is 2.75. The van der Waals surface area contributed by atoms with Crippen LogP contribution in [-0.2, 0) is 4.79 Å². The van der Waals surface area contributed by atoms with E-state index in [1.165, 1.54) is 6.42 Å². The van der Waals surface area contributed by atoms with Crippen LogP contribution in [0, 0.1) is 11.8 Å². The van der Waals surface area contributed by atoms with Crippen LogP contribution in [0.15, 0.2) is 18.2 Å². The zero-order chi connectivity index (χ0) is 14.7. The zero-order valence-corrected chi connectivity index (χ0v) is 12.8. The number of halogens is 1. The molecule has 0 radical (unpaired) electrons. The Morgan fingerprint density at radius 3 is 2.95 bits per heavy atom. The summed E-state index contributed by atoms with van der Waals surface area (Å²) in [5.74, 6) is 1.33. The summed E-state index contributed by atoms with van der Waals surface area (Å²) < 4.78 is 0. The van der Waals surface area contributed by atoms with E-state index in [1.807, 2.05) is 0 Å². The monoisotopic (exact) mass is 295 g/mol. The van der Waals surface area contributed by atoms with Crippen molar-refractivity contribution in [3.05, 3.63) is 23.2 Å². The normalized spacial score (nSPS) is 19.5. The number of carbonyl (C=O) groups is 1. The highest BCUT2D eigenvalue weighted by Gasteiger charge is 2.26. The summed E-state index contributed by atoms with van der Waals surface area (Å²) in [6.07, 6.45) is 1.17. The SMILES string of the molecule is CC(C)C1CCN(CC(=O)Nc2cc(Cl)ccc2N)C1. The number of anilines is 2. The molecule has 1 amide bonds. The molecule has 4 nitrogen and oxygen atoms in total. The molecule has 1 aliphatic rings. The number of carbonyl (C=O) groups excluding carboxylic acids is 1. The van der Waals surface area contributed by atoms with E-state index in [0.717, 1.165) is 13.1 Å². The van der Waals surface area contributed by atoms with E-state index in [1.54, 1.807) is 18.2 Å². The Morgan fingerprint density at radius 1 is 1.55 bits per heavy atom. The molecule has 1 unspecified atom stereocenters. The molecular weight excluding hydrogens is 274 g/mol. The smallest absolute Gasteiger partial charge is 0.238 e. The average molecular weight is 296 g/mol. The van der Waals surface area contributed by atoms with E-state index in [2.05, 4.69) is 24.1 Å². The molecule has 0 aliphatic carbocycles. The quantitative estimate of drug-likeness (QED) is 0.840.